The first kappa shape index (κ1) is 14.7. The van der Waals surface area contributed by atoms with Gasteiger partial charge in [0, 0.05) is 12.2 Å². The summed E-state index contributed by atoms with van der Waals surface area (Å²) in [6.07, 6.45) is 3.06. The van der Waals surface area contributed by atoms with Crippen molar-refractivity contribution in [3.63, 3.8) is 0 Å². The van der Waals surface area contributed by atoms with Crippen molar-refractivity contribution in [3.8, 4) is 5.82 Å². The zero-order valence-electron chi connectivity index (χ0n) is 12.7. The predicted octanol–water partition coefficient (Wildman–Crippen LogP) is 2.89. The predicted molar refractivity (Wildman–Crippen MR) is 82.1 cm³/mol. The van der Waals surface area contributed by atoms with Crippen LogP contribution in [0, 0.1) is 0 Å². The molecule has 0 amide bonds. The Morgan fingerprint density at radius 1 is 1.10 bits per heavy atom. The Kier molecular flexibility index (Phi) is 5.30. The van der Waals surface area contributed by atoms with Gasteiger partial charge in [-0.2, -0.15) is 5.10 Å². The largest absolute Gasteiger partial charge is 0.311 e. The van der Waals surface area contributed by atoms with Crippen LogP contribution in [0.5, 0.6) is 0 Å². The molecule has 1 N–H and O–H groups in total. The van der Waals surface area contributed by atoms with Crippen LogP contribution in [-0.4, -0.2) is 21.3 Å². The lowest BCUT2D eigenvalue weighted by atomic mass is 10.2. The zero-order chi connectivity index (χ0) is 14.4. The summed E-state index contributed by atoms with van der Waals surface area (Å²) in [7, 11) is 0. The fraction of sp³-hybridized carbons (Fsp3) is 0.500. The van der Waals surface area contributed by atoms with Crippen molar-refractivity contribution in [2.45, 2.75) is 46.6 Å². The van der Waals surface area contributed by atoms with E-state index in [2.05, 4.69) is 49.4 Å². The van der Waals surface area contributed by atoms with E-state index in [0.717, 1.165) is 49.6 Å². The van der Waals surface area contributed by atoms with Crippen molar-refractivity contribution in [3.05, 3.63) is 41.3 Å². The molecule has 0 aromatic carbocycles. The molecule has 0 unspecified atom stereocenters. The highest BCUT2D eigenvalue weighted by Gasteiger charge is 2.08. The van der Waals surface area contributed by atoms with E-state index in [-0.39, 0.29) is 0 Å². The maximum Gasteiger partial charge on any atom is 0.153 e. The van der Waals surface area contributed by atoms with Gasteiger partial charge < -0.3 is 5.32 Å². The Labute approximate surface area is 121 Å². The maximum atomic E-state index is 4.71. The molecule has 2 aromatic heterocycles. The second-order valence-corrected chi connectivity index (χ2v) is 4.91. The molecule has 20 heavy (non-hydrogen) atoms. The minimum Gasteiger partial charge on any atom is -0.311 e. The molecule has 2 rings (SSSR count). The second-order valence-electron chi connectivity index (χ2n) is 4.91. The van der Waals surface area contributed by atoms with E-state index in [1.807, 2.05) is 10.7 Å². The molecule has 0 atom stereocenters. The normalized spacial score (nSPS) is 10.9. The van der Waals surface area contributed by atoms with Crippen molar-refractivity contribution < 1.29 is 0 Å². The number of aryl methyl sites for hydroxylation is 2. The van der Waals surface area contributed by atoms with Crippen LogP contribution in [0.3, 0.4) is 0 Å². The van der Waals surface area contributed by atoms with Gasteiger partial charge in [0.05, 0.1) is 11.4 Å². The van der Waals surface area contributed by atoms with E-state index < -0.39 is 0 Å². The van der Waals surface area contributed by atoms with Crippen molar-refractivity contribution in [2.75, 3.05) is 6.54 Å². The van der Waals surface area contributed by atoms with Gasteiger partial charge in [-0.1, -0.05) is 26.8 Å². The standard InChI is InChI=1S/C16H24N4/c1-4-10-17-12-14-8-7-9-16(18-14)20-15(6-3)11-13(5-2)19-20/h7-9,11,17H,4-6,10,12H2,1-3H3. The van der Waals surface area contributed by atoms with Crippen LogP contribution in [0.2, 0.25) is 0 Å². The van der Waals surface area contributed by atoms with Gasteiger partial charge in [-0.25, -0.2) is 9.67 Å². The molecule has 4 nitrogen and oxygen atoms in total. The average Bonchev–Trinajstić information content (AvgIpc) is 2.91. The van der Waals surface area contributed by atoms with E-state index in [1.54, 1.807) is 0 Å². The molecule has 0 aliphatic carbocycles. The highest BCUT2D eigenvalue weighted by molar-refractivity contribution is 5.28. The van der Waals surface area contributed by atoms with Gasteiger partial charge in [-0.3, -0.25) is 0 Å². The lowest BCUT2D eigenvalue weighted by molar-refractivity contribution is 0.659. The summed E-state index contributed by atoms with van der Waals surface area (Å²) in [6.45, 7) is 8.28. The average molecular weight is 272 g/mol. The molecule has 0 fully saturated rings. The summed E-state index contributed by atoms with van der Waals surface area (Å²) in [5, 5.41) is 8.02. The minimum absolute atomic E-state index is 0.811. The van der Waals surface area contributed by atoms with Gasteiger partial charge in [0.2, 0.25) is 0 Å². The first-order valence-electron chi connectivity index (χ1n) is 7.53. The molecule has 0 saturated heterocycles. The van der Waals surface area contributed by atoms with Gasteiger partial charge in [-0.05, 0) is 44.0 Å². The Morgan fingerprint density at radius 3 is 2.65 bits per heavy atom. The summed E-state index contributed by atoms with van der Waals surface area (Å²) in [5.74, 6) is 0.914. The molecule has 108 valence electrons. The molecular formula is C16H24N4. The molecule has 0 radical (unpaired) electrons. The Balaban J connectivity index is 2.23. The van der Waals surface area contributed by atoms with Crippen molar-refractivity contribution >= 4 is 0 Å². The van der Waals surface area contributed by atoms with Gasteiger partial charge in [0.1, 0.15) is 0 Å². The van der Waals surface area contributed by atoms with E-state index >= 15 is 0 Å². The topological polar surface area (TPSA) is 42.7 Å². The van der Waals surface area contributed by atoms with Crippen LogP contribution in [0.25, 0.3) is 5.82 Å². The lowest BCUT2D eigenvalue weighted by Gasteiger charge is -2.08. The third-order valence-corrected chi connectivity index (χ3v) is 3.30. The zero-order valence-corrected chi connectivity index (χ0v) is 12.7. The molecule has 0 aliphatic heterocycles. The monoisotopic (exact) mass is 272 g/mol. The Hall–Kier alpha value is -1.68. The molecule has 0 bridgehead atoms. The van der Waals surface area contributed by atoms with Gasteiger partial charge >= 0.3 is 0 Å². The highest BCUT2D eigenvalue weighted by Crippen LogP contribution is 2.12. The lowest BCUT2D eigenvalue weighted by Crippen LogP contribution is -2.15. The quantitative estimate of drug-likeness (QED) is 0.788. The number of hydrogen-bond donors (Lipinski definition) is 1. The Bertz CT molecular complexity index is 545. The van der Waals surface area contributed by atoms with Crippen LogP contribution < -0.4 is 5.32 Å². The number of hydrogen-bond acceptors (Lipinski definition) is 3. The van der Waals surface area contributed by atoms with Crippen LogP contribution in [0.15, 0.2) is 24.3 Å². The number of aromatic nitrogens is 3. The fourth-order valence-electron chi connectivity index (χ4n) is 2.17. The molecular weight excluding hydrogens is 248 g/mol. The van der Waals surface area contributed by atoms with Crippen LogP contribution in [0.4, 0.5) is 0 Å². The summed E-state index contributed by atoms with van der Waals surface area (Å²) in [6, 6.07) is 8.30. The third-order valence-electron chi connectivity index (χ3n) is 3.30. The van der Waals surface area contributed by atoms with E-state index in [4.69, 9.17) is 4.98 Å². The maximum absolute atomic E-state index is 4.71. The van der Waals surface area contributed by atoms with Gasteiger partial charge in [0.25, 0.3) is 0 Å². The minimum atomic E-state index is 0.811. The SMILES string of the molecule is CCCNCc1cccc(-n2nc(CC)cc2CC)n1. The van der Waals surface area contributed by atoms with Gasteiger partial charge in [-0.15, -0.1) is 0 Å². The fourth-order valence-corrected chi connectivity index (χ4v) is 2.17. The number of rotatable bonds is 7. The highest BCUT2D eigenvalue weighted by atomic mass is 15.3. The van der Waals surface area contributed by atoms with E-state index in [0.29, 0.717) is 0 Å². The molecule has 4 heteroatoms. The summed E-state index contributed by atoms with van der Waals surface area (Å²) in [4.78, 5) is 4.71. The molecule has 0 aliphatic rings. The Morgan fingerprint density at radius 2 is 1.95 bits per heavy atom. The van der Waals surface area contributed by atoms with Crippen LogP contribution in [-0.2, 0) is 19.4 Å². The van der Waals surface area contributed by atoms with Crippen LogP contribution in [0.1, 0.15) is 44.3 Å². The number of pyridine rings is 1. The second kappa shape index (κ2) is 7.20. The van der Waals surface area contributed by atoms with Crippen molar-refractivity contribution in [1.29, 1.82) is 0 Å². The molecule has 0 spiro atoms. The van der Waals surface area contributed by atoms with Gasteiger partial charge in [0.15, 0.2) is 5.82 Å². The summed E-state index contributed by atoms with van der Waals surface area (Å²) >= 11 is 0. The van der Waals surface area contributed by atoms with Crippen LogP contribution >= 0.6 is 0 Å². The summed E-state index contributed by atoms with van der Waals surface area (Å²) < 4.78 is 1.97. The molecule has 2 aromatic rings. The van der Waals surface area contributed by atoms with E-state index in [1.165, 1.54) is 5.69 Å². The first-order valence-corrected chi connectivity index (χ1v) is 7.53. The number of nitrogens with zero attached hydrogens (tertiary/aromatic N) is 3. The smallest absolute Gasteiger partial charge is 0.153 e. The van der Waals surface area contributed by atoms with Crippen molar-refractivity contribution in [2.24, 2.45) is 0 Å². The number of nitrogens with one attached hydrogen (secondary N) is 1. The molecule has 2 heterocycles. The van der Waals surface area contributed by atoms with E-state index in [9.17, 15) is 0 Å². The summed E-state index contributed by atoms with van der Waals surface area (Å²) in [5.41, 5.74) is 3.40. The molecule has 0 saturated carbocycles. The third kappa shape index (κ3) is 3.45. The first-order chi connectivity index (χ1) is 9.78. The van der Waals surface area contributed by atoms with Crippen molar-refractivity contribution in [1.82, 2.24) is 20.1 Å².